The summed E-state index contributed by atoms with van der Waals surface area (Å²) in [7, 11) is 0. The average Bonchev–Trinajstić information content (AvgIpc) is 2.65. The fourth-order valence-electron chi connectivity index (χ4n) is 2.35. The van der Waals surface area contributed by atoms with Crippen molar-refractivity contribution in [2.75, 3.05) is 0 Å². The van der Waals surface area contributed by atoms with Crippen LogP contribution in [0.1, 0.15) is 37.7 Å². The van der Waals surface area contributed by atoms with E-state index in [9.17, 15) is 5.11 Å². The average molecular weight is 225 g/mol. The van der Waals surface area contributed by atoms with Crippen molar-refractivity contribution in [1.29, 1.82) is 0 Å². The van der Waals surface area contributed by atoms with Crippen molar-refractivity contribution in [3.8, 4) is 0 Å². The first-order valence-electron chi connectivity index (χ1n) is 5.65. The maximum atomic E-state index is 10.2. The molecule has 0 saturated heterocycles. The van der Waals surface area contributed by atoms with Gasteiger partial charge < -0.3 is 5.11 Å². The number of aryl methyl sites for hydroxylation is 1. The molecule has 1 saturated carbocycles. The van der Waals surface area contributed by atoms with Crippen LogP contribution in [0.25, 0.3) is 0 Å². The van der Waals surface area contributed by atoms with Gasteiger partial charge in [-0.3, -0.25) is 0 Å². The van der Waals surface area contributed by atoms with E-state index in [4.69, 9.17) is 11.6 Å². The summed E-state index contributed by atoms with van der Waals surface area (Å²) >= 11 is 6.07. The highest BCUT2D eigenvalue weighted by atomic mass is 35.5. The fraction of sp³-hybridized carbons (Fsp3) is 0.538. The molecular weight excluding hydrogens is 208 g/mol. The molecule has 0 spiro atoms. The Kier molecular flexibility index (Phi) is 3.32. The number of hydrogen-bond acceptors (Lipinski definition) is 1. The summed E-state index contributed by atoms with van der Waals surface area (Å²) in [4.78, 5) is 0. The number of halogens is 1. The fourth-order valence-corrected chi connectivity index (χ4v) is 2.58. The Balaban J connectivity index is 1.95. The first-order valence-corrected chi connectivity index (χ1v) is 6.03. The highest BCUT2D eigenvalue weighted by Gasteiger charge is 2.30. The van der Waals surface area contributed by atoms with Crippen LogP contribution in [-0.4, -0.2) is 10.7 Å². The van der Waals surface area contributed by atoms with Gasteiger partial charge in [0.15, 0.2) is 0 Å². The molecule has 2 heteroatoms. The van der Waals surface area contributed by atoms with Gasteiger partial charge in [-0.1, -0.05) is 42.6 Å². The molecule has 15 heavy (non-hydrogen) atoms. The normalized spacial score (nSPS) is 19.3. The zero-order chi connectivity index (χ0) is 10.7. The van der Waals surface area contributed by atoms with Gasteiger partial charge in [-0.25, -0.2) is 0 Å². The lowest BCUT2D eigenvalue weighted by atomic mass is 9.93. The Hall–Kier alpha value is -0.530. The largest absolute Gasteiger partial charge is 0.390 e. The van der Waals surface area contributed by atoms with Crippen LogP contribution in [0, 0.1) is 0 Å². The number of aliphatic hydroxyl groups is 1. The molecule has 1 aromatic rings. The maximum absolute atomic E-state index is 10.2. The van der Waals surface area contributed by atoms with Crippen molar-refractivity contribution >= 4 is 11.6 Å². The lowest BCUT2D eigenvalue weighted by Crippen LogP contribution is -2.24. The van der Waals surface area contributed by atoms with Crippen LogP contribution in [0.4, 0.5) is 0 Å². The third-order valence-corrected chi connectivity index (χ3v) is 3.72. The van der Waals surface area contributed by atoms with E-state index < -0.39 is 5.60 Å². The quantitative estimate of drug-likeness (QED) is 0.832. The number of hydrogen-bond donors (Lipinski definition) is 1. The number of rotatable bonds is 3. The summed E-state index contributed by atoms with van der Waals surface area (Å²) in [5.41, 5.74) is 0.735. The summed E-state index contributed by atoms with van der Waals surface area (Å²) in [6.07, 6.45) is 5.97. The van der Waals surface area contributed by atoms with Gasteiger partial charge >= 0.3 is 0 Å². The minimum absolute atomic E-state index is 0.417. The smallest absolute Gasteiger partial charge is 0.0651 e. The molecular formula is C13H17ClO. The molecule has 0 aromatic heterocycles. The predicted octanol–water partition coefficient (Wildman–Crippen LogP) is 3.58. The van der Waals surface area contributed by atoms with Gasteiger partial charge in [-0.05, 0) is 37.3 Å². The summed E-state index contributed by atoms with van der Waals surface area (Å²) in [6.45, 7) is 0. The molecule has 0 atom stereocenters. The van der Waals surface area contributed by atoms with Gasteiger partial charge in [-0.15, -0.1) is 0 Å². The monoisotopic (exact) mass is 224 g/mol. The highest BCUT2D eigenvalue weighted by Crippen LogP contribution is 2.33. The van der Waals surface area contributed by atoms with E-state index in [-0.39, 0.29) is 0 Å². The molecule has 82 valence electrons. The molecule has 0 bridgehead atoms. The zero-order valence-electron chi connectivity index (χ0n) is 8.88. The van der Waals surface area contributed by atoms with Crippen molar-refractivity contribution in [2.45, 2.75) is 44.1 Å². The lowest BCUT2D eigenvalue weighted by Gasteiger charge is -2.21. The standard InChI is InChI=1S/C13H17ClO/c14-12-6-2-1-5-11(12)7-10-13(15)8-3-4-9-13/h1-2,5-6,15H,3-4,7-10H2. The van der Waals surface area contributed by atoms with E-state index in [1.54, 1.807) is 0 Å². The van der Waals surface area contributed by atoms with Gasteiger partial charge in [0.1, 0.15) is 0 Å². The second kappa shape index (κ2) is 4.54. The van der Waals surface area contributed by atoms with Gasteiger partial charge in [0.05, 0.1) is 5.60 Å². The summed E-state index contributed by atoms with van der Waals surface area (Å²) in [6, 6.07) is 7.90. The molecule has 1 nitrogen and oxygen atoms in total. The van der Waals surface area contributed by atoms with E-state index in [1.807, 2.05) is 24.3 Å². The molecule has 0 amide bonds. The van der Waals surface area contributed by atoms with Crippen LogP contribution in [0.5, 0.6) is 0 Å². The van der Waals surface area contributed by atoms with Crippen LogP contribution in [-0.2, 0) is 6.42 Å². The Labute approximate surface area is 96.1 Å². The van der Waals surface area contributed by atoms with Crippen molar-refractivity contribution in [3.05, 3.63) is 34.9 Å². The van der Waals surface area contributed by atoms with Crippen LogP contribution < -0.4 is 0 Å². The van der Waals surface area contributed by atoms with Crippen molar-refractivity contribution in [3.63, 3.8) is 0 Å². The molecule has 0 radical (unpaired) electrons. The minimum atomic E-state index is -0.417. The third kappa shape index (κ3) is 2.73. The predicted molar refractivity (Wildman–Crippen MR) is 63.2 cm³/mol. The molecule has 0 aliphatic heterocycles. The van der Waals surface area contributed by atoms with E-state index in [0.717, 1.165) is 36.3 Å². The molecule has 1 aromatic carbocycles. The second-order valence-corrected chi connectivity index (χ2v) is 4.93. The molecule has 2 rings (SSSR count). The van der Waals surface area contributed by atoms with Crippen LogP contribution in [0.3, 0.4) is 0 Å². The van der Waals surface area contributed by atoms with Gasteiger partial charge in [0, 0.05) is 5.02 Å². The Morgan fingerprint density at radius 2 is 1.87 bits per heavy atom. The Morgan fingerprint density at radius 3 is 2.53 bits per heavy atom. The van der Waals surface area contributed by atoms with Gasteiger partial charge in [0.2, 0.25) is 0 Å². The molecule has 0 heterocycles. The van der Waals surface area contributed by atoms with Gasteiger partial charge in [0.25, 0.3) is 0 Å². The zero-order valence-corrected chi connectivity index (χ0v) is 9.63. The second-order valence-electron chi connectivity index (χ2n) is 4.52. The SMILES string of the molecule is OC1(CCc2ccccc2Cl)CCCC1. The van der Waals surface area contributed by atoms with E-state index in [2.05, 4.69) is 0 Å². The van der Waals surface area contributed by atoms with Gasteiger partial charge in [-0.2, -0.15) is 0 Å². The summed E-state index contributed by atoms with van der Waals surface area (Å²) < 4.78 is 0. The van der Waals surface area contributed by atoms with Crippen molar-refractivity contribution in [1.82, 2.24) is 0 Å². The molecule has 0 unspecified atom stereocenters. The van der Waals surface area contributed by atoms with Crippen LogP contribution >= 0.6 is 11.6 Å². The van der Waals surface area contributed by atoms with Crippen molar-refractivity contribution < 1.29 is 5.11 Å². The lowest BCUT2D eigenvalue weighted by molar-refractivity contribution is 0.0391. The van der Waals surface area contributed by atoms with Crippen LogP contribution in [0.15, 0.2) is 24.3 Å². The first-order chi connectivity index (χ1) is 7.20. The molecule has 1 aliphatic rings. The Morgan fingerprint density at radius 1 is 1.20 bits per heavy atom. The van der Waals surface area contributed by atoms with Crippen LogP contribution in [0.2, 0.25) is 5.02 Å². The van der Waals surface area contributed by atoms with E-state index in [0.29, 0.717) is 0 Å². The first kappa shape index (κ1) is 11.0. The highest BCUT2D eigenvalue weighted by molar-refractivity contribution is 6.31. The topological polar surface area (TPSA) is 20.2 Å². The third-order valence-electron chi connectivity index (χ3n) is 3.35. The number of benzene rings is 1. The van der Waals surface area contributed by atoms with Crippen molar-refractivity contribution in [2.24, 2.45) is 0 Å². The molecule has 1 fully saturated rings. The molecule has 1 aliphatic carbocycles. The maximum Gasteiger partial charge on any atom is 0.0651 e. The summed E-state index contributed by atoms with van der Waals surface area (Å²) in [5.74, 6) is 0. The summed E-state index contributed by atoms with van der Waals surface area (Å²) in [5, 5.41) is 11.0. The minimum Gasteiger partial charge on any atom is -0.390 e. The Bertz CT molecular complexity index is 329. The molecule has 1 N–H and O–H groups in total. The van der Waals surface area contributed by atoms with E-state index in [1.165, 1.54) is 12.8 Å². The van der Waals surface area contributed by atoms with E-state index >= 15 is 0 Å².